The fourth-order valence-electron chi connectivity index (χ4n) is 1.77. The summed E-state index contributed by atoms with van der Waals surface area (Å²) in [6.45, 7) is 3.60. The highest BCUT2D eigenvalue weighted by Gasteiger charge is 2.39. The molecule has 1 heterocycles. The Kier molecular flexibility index (Phi) is 2.90. The number of carbonyl (C=O) groups is 1. The summed E-state index contributed by atoms with van der Waals surface area (Å²) in [5.74, 6) is 0.237. The zero-order chi connectivity index (χ0) is 12.5. The van der Waals surface area contributed by atoms with Crippen LogP contribution < -0.4 is 4.74 Å². The molecule has 0 spiro atoms. The first-order valence-corrected chi connectivity index (χ1v) is 5.44. The van der Waals surface area contributed by atoms with Crippen molar-refractivity contribution in [2.24, 2.45) is 0 Å². The first-order chi connectivity index (χ1) is 8.05. The van der Waals surface area contributed by atoms with E-state index in [-0.39, 0.29) is 12.4 Å². The average molecular weight is 234 g/mol. The van der Waals surface area contributed by atoms with E-state index >= 15 is 0 Å². The number of benzene rings is 1. The first-order valence-electron chi connectivity index (χ1n) is 5.44. The monoisotopic (exact) mass is 234 g/mol. The first kappa shape index (κ1) is 11.7. The molecule has 0 saturated carbocycles. The summed E-state index contributed by atoms with van der Waals surface area (Å²) in [6.07, 6.45) is 1.18. The highest BCUT2D eigenvalue weighted by atomic mass is 16.5. The molecule has 1 aliphatic rings. The molecule has 4 heteroatoms. The molecule has 0 amide bonds. The van der Waals surface area contributed by atoms with Crippen LogP contribution in [0.1, 0.15) is 19.4 Å². The van der Waals surface area contributed by atoms with Gasteiger partial charge < -0.3 is 14.6 Å². The molecule has 90 valence electrons. The lowest BCUT2D eigenvalue weighted by Gasteiger charge is -2.16. The number of para-hydroxylation sites is 1. The van der Waals surface area contributed by atoms with Crippen LogP contribution in [0.25, 0.3) is 0 Å². The number of fused-ring (bicyclic) bond motifs is 1. The van der Waals surface area contributed by atoms with E-state index in [9.17, 15) is 9.90 Å². The fourth-order valence-corrected chi connectivity index (χ4v) is 1.77. The van der Waals surface area contributed by atoms with Gasteiger partial charge in [0.1, 0.15) is 17.1 Å². The predicted molar refractivity (Wildman–Crippen MR) is 61.4 cm³/mol. The molecule has 0 aliphatic carbocycles. The Labute approximate surface area is 99.5 Å². The van der Waals surface area contributed by atoms with Crippen molar-refractivity contribution in [3.63, 3.8) is 0 Å². The molecular formula is C13H14O4. The van der Waals surface area contributed by atoms with Gasteiger partial charge >= 0.3 is 5.97 Å². The van der Waals surface area contributed by atoms with Crippen molar-refractivity contribution in [2.45, 2.75) is 19.4 Å². The maximum atomic E-state index is 11.3. The van der Waals surface area contributed by atoms with Crippen LogP contribution in [0.3, 0.4) is 0 Å². The molecule has 0 aromatic heterocycles. The largest absolute Gasteiger partial charge is 0.463 e. The standard InChI is InChI=1S/C13H14O4/c1-3-16-12(14)8-11-13(2,15)9-6-4-5-7-10(9)17-11/h4-8,15H,3H2,1-2H3. The molecule has 0 fully saturated rings. The van der Waals surface area contributed by atoms with E-state index in [0.717, 1.165) is 0 Å². The van der Waals surface area contributed by atoms with Crippen molar-refractivity contribution >= 4 is 5.97 Å². The van der Waals surface area contributed by atoms with Crippen LogP contribution in [0.5, 0.6) is 5.75 Å². The molecule has 1 aliphatic heterocycles. The third-order valence-electron chi connectivity index (χ3n) is 2.65. The second-order valence-electron chi connectivity index (χ2n) is 3.93. The summed E-state index contributed by atoms with van der Waals surface area (Å²) in [7, 11) is 0. The molecule has 4 nitrogen and oxygen atoms in total. The third kappa shape index (κ3) is 2.03. The third-order valence-corrected chi connectivity index (χ3v) is 2.65. The van der Waals surface area contributed by atoms with E-state index in [0.29, 0.717) is 11.3 Å². The highest BCUT2D eigenvalue weighted by Crippen LogP contribution is 2.43. The van der Waals surface area contributed by atoms with Gasteiger partial charge in [0.15, 0.2) is 0 Å². The number of hydrogen-bond donors (Lipinski definition) is 1. The smallest absolute Gasteiger partial charge is 0.334 e. The van der Waals surface area contributed by atoms with Gasteiger partial charge in [0.05, 0.1) is 12.7 Å². The SMILES string of the molecule is CCOC(=O)C=C1Oc2ccccc2C1(C)O. The predicted octanol–water partition coefficient (Wildman–Crippen LogP) is 1.73. The zero-order valence-electron chi connectivity index (χ0n) is 9.77. The van der Waals surface area contributed by atoms with Gasteiger partial charge in [-0.2, -0.15) is 0 Å². The molecule has 1 atom stereocenters. The van der Waals surface area contributed by atoms with E-state index in [1.165, 1.54) is 6.08 Å². The van der Waals surface area contributed by atoms with E-state index in [4.69, 9.17) is 9.47 Å². The van der Waals surface area contributed by atoms with E-state index in [2.05, 4.69) is 0 Å². The summed E-state index contributed by atoms with van der Waals surface area (Å²) < 4.78 is 10.2. The molecule has 0 saturated heterocycles. The molecule has 1 aromatic rings. The number of esters is 1. The van der Waals surface area contributed by atoms with Gasteiger partial charge in [0.2, 0.25) is 0 Å². The van der Waals surface area contributed by atoms with Crippen LogP contribution in [0.2, 0.25) is 0 Å². The lowest BCUT2D eigenvalue weighted by molar-refractivity contribution is -0.137. The quantitative estimate of drug-likeness (QED) is 0.625. The Morgan fingerprint density at radius 1 is 1.53 bits per heavy atom. The van der Waals surface area contributed by atoms with Crippen LogP contribution in [0.4, 0.5) is 0 Å². The van der Waals surface area contributed by atoms with Gasteiger partial charge in [-0.25, -0.2) is 4.79 Å². The minimum Gasteiger partial charge on any atom is -0.463 e. The molecule has 1 N–H and O–H groups in total. The summed E-state index contributed by atoms with van der Waals surface area (Å²) in [4.78, 5) is 11.3. The van der Waals surface area contributed by atoms with Crippen molar-refractivity contribution in [2.75, 3.05) is 6.61 Å². The summed E-state index contributed by atoms with van der Waals surface area (Å²) in [5, 5.41) is 10.3. The Balaban J connectivity index is 2.34. The van der Waals surface area contributed by atoms with Crippen molar-refractivity contribution in [1.82, 2.24) is 0 Å². The van der Waals surface area contributed by atoms with Gasteiger partial charge in [-0.3, -0.25) is 0 Å². The molecule has 2 rings (SSSR count). The molecule has 1 unspecified atom stereocenters. The Morgan fingerprint density at radius 3 is 2.88 bits per heavy atom. The summed E-state index contributed by atoms with van der Waals surface area (Å²) in [5.41, 5.74) is -0.640. The van der Waals surface area contributed by atoms with Gasteiger partial charge in [0.25, 0.3) is 0 Å². The number of aliphatic hydroxyl groups is 1. The average Bonchev–Trinajstić information content (AvgIpc) is 2.52. The number of ether oxygens (including phenoxy) is 2. The van der Waals surface area contributed by atoms with Gasteiger partial charge in [-0.15, -0.1) is 0 Å². The van der Waals surface area contributed by atoms with Gasteiger partial charge in [0, 0.05) is 5.56 Å². The van der Waals surface area contributed by atoms with Crippen LogP contribution in [-0.2, 0) is 15.1 Å². The topological polar surface area (TPSA) is 55.8 Å². The van der Waals surface area contributed by atoms with Crippen LogP contribution in [-0.4, -0.2) is 17.7 Å². The molecule has 0 radical (unpaired) electrons. The van der Waals surface area contributed by atoms with E-state index in [1.54, 1.807) is 26.0 Å². The maximum absolute atomic E-state index is 11.3. The minimum atomic E-state index is -1.29. The number of hydrogen-bond acceptors (Lipinski definition) is 4. The van der Waals surface area contributed by atoms with Gasteiger partial charge in [-0.1, -0.05) is 18.2 Å². The highest BCUT2D eigenvalue weighted by molar-refractivity contribution is 5.83. The number of carbonyl (C=O) groups excluding carboxylic acids is 1. The second kappa shape index (κ2) is 4.22. The molecule has 1 aromatic carbocycles. The normalized spacial score (nSPS) is 24.3. The van der Waals surface area contributed by atoms with Crippen LogP contribution in [0, 0.1) is 0 Å². The Morgan fingerprint density at radius 2 is 2.24 bits per heavy atom. The van der Waals surface area contributed by atoms with E-state index in [1.807, 2.05) is 12.1 Å². The summed E-state index contributed by atoms with van der Waals surface area (Å²) in [6, 6.07) is 7.13. The molecule has 17 heavy (non-hydrogen) atoms. The Hall–Kier alpha value is -1.81. The molecular weight excluding hydrogens is 220 g/mol. The Bertz CT molecular complexity index is 474. The van der Waals surface area contributed by atoms with Crippen LogP contribution in [0.15, 0.2) is 36.1 Å². The number of rotatable bonds is 2. The van der Waals surface area contributed by atoms with Crippen LogP contribution >= 0.6 is 0 Å². The van der Waals surface area contributed by atoms with E-state index < -0.39 is 11.6 Å². The second-order valence-corrected chi connectivity index (χ2v) is 3.93. The van der Waals surface area contributed by atoms with Gasteiger partial charge in [-0.05, 0) is 19.9 Å². The van der Waals surface area contributed by atoms with Crippen molar-refractivity contribution in [1.29, 1.82) is 0 Å². The molecule has 0 bridgehead atoms. The van der Waals surface area contributed by atoms with Crippen molar-refractivity contribution in [3.05, 3.63) is 41.7 Å². The lowest BCUT2D eigenvalue weighted by atomic mass is 9.95. The maximum Gasteiger partial charge on any atom is 0.334 e. The van der Waals surface area contributed by atoms with Crippen molar-refractivity contribution < 1.29 is 19.4 Å². The zero-order valence-corrected chi connectivity index (χ0v) is 9.77. The van der Waals surface area contributed by atoms with Crippen molar-refractivity contribution in [3.8, 4) is 5.75 Å². The summed E-state index contributed by atoms with van der Waals surface area (Å²) >= 11 is 0. The fraction of sp³-hybridized carbons (Fsp3) is 0.308. The minimum absolute atomic E-state index is 0.192. The lowest BCUT2D eigenvalue weighted by Crippen LogP contribution is -2.22.